The second kappa shape index (κ2) is 8.35. The average molecular weight is 390 g/mol. The largest absolute Gasteiger partial charge is 0.493 e. The molecule has 0 aliphatic carbocycles. The van der Waals surface area contributed by atoms with Gasteiger partial charge in [-0.05, 0) is 48.9 Å². The minimum absolute atomic E-state index is 0.125. The van der Waals surface area contributed by atoms with E-state index >= 15 is 0 Å². The number of hydrogen-bond acceptors (Lipinski definition) is 3. The third-order valence-corrected chi connectivity index (χ3v) is 4.72. The Morgan fingerprint density at radius 1 is 0.897 bits per heavy atom. The van der Waals surface area contributed by atoms with Gasteiger partial charge in [-0.15, -0.1) is 0 Å². The lowest BCUT2D eigenvalue weighted by Gasteiger charge is -2.11. The molecule has 0 saturated carbocycles. The van der Waals surface area contributed by atoms with Gasteiger partial charge in [0, 0.05) is 17.1 Å². The number of rotatable bonds is 6. The van der Waals surface area contributed by atoms with Crippen molar-refractivity contribution >= 4 is 10.9 Å². The van der Waals surface area contributed by atoms with E-state index in [4.69, 9.17) is 4.74 Å². The Hall–Kier alpha value is -3.34. The Kier molecular flexibility index (Phi) is 5.47. The molecule has 0 amide bonds. The van der Waals surface area contributed by atoms with Gasteiger partial charge in [0.05, 0.1) is 29.1 Å². The summed E-state index contributed by atoms with van der Waals surface area (Å²) in [6.45, 7) is 2.75. The summed E-state index contributed by atoms with van der Waals surface area (Å²) >= 11 is 0. The van der Waals surface area contributed by atoms with Crippen LogP contribution < -0.4 is 4.74 Å². The van der Waals surface area contributed by atoms with Crippen LogP contribution in [0.3, 0.4) is 0 Å². The van der Waals surface area contributed by atoms with E-state index in [0.717, 1.165) is 35.1 Å². The van der Waals surface area contributed by atoms with Crippen LogP contribution in [0.15, 0.2) is 66.9 Å². The van der Waals surface area contributed by atoms with E-state index < -0.39 is 11.6 Å². The predicted molar refractivity (Wildman–Crippen MR) is 111 cm³/mol. The molecule has 0 radical (unpaired) electrons. The van der Waals surface area contributed by atoms with Crippen molar-refractivity contribution < 1.29 is 13.5 Å². The number of nitrogens with zero attached hydrogens (tertiary/aromatic N) is 2. The molecule has 0 aliphatic heterocycles. The first kappa shape index (κ1) is 19.0. The minimum Gasteiger partial charge on any atom is -0.493 e. The van der Waals surface area contributed by atoms with Crippen LogP contribution in [-0.2, 0) is 0 Å². The molecule has 0 saturated heterocycles. The van der Waals surface area contributed by atoms with Gasteiger partial charge in [0.1, 0.15) is 17.4 Å². The Morgan fingerprint density at radius 2 is 1.66 bits per heavy atom. The maximum atomic E-state index is 14.2. The molecule has 0 atom stereocenters. The monoisotopic (exact) mass is 390 g/mol. The van der Waals surface area contributed by atoms with E-state index in [1.807, 2.05) is 30.3 Å². The number of halogens is 2. The highest BCUT2D eigenvalue weighted by Gasteiger charge is 2.13. The van der Waals surface area contributed by atoms with Crippen molar-refractivity contribution in [1.82, 2.24) is 9.97 Å². The lowest BCUT2D eigenvalue weighted by Crippen LogP contribution is -1.98. The second-order valence-electron chi connectivity index (χ2n) is 6.75. The normalized spacial score (nSPS) is 11.0. The van der Waals surface area contributed by atoms with E-state index in [-0.39, 0.29) is 11.3 Å². The number of hydrogen-bond donors (Lipinski definition) is 0. The molecular formula is C24H20F2N2O. The first-order valence-electron chi connectivity index (χ1n) is 9.60. The summed E-state index contributed by atoms with van der Waals surface area (Å²) in [6, 6.07) is 16.6. The fourth-order valence-corrected chi connectivity index (χ4v) is 3.21. The van der Waals surface area contributed by atoms with Crippen LogP contribution in [0.4, 0.5) is 8.78 Å². The third kappa shape index (κ3) is 3.94. The van der Waals surface area contributed by atoms with Gasteiger partial charge in [0.2, 0.25) is 0 Å². The van der Waals surface area contributed by atoms with Crippen molar-refractivity contribution in [2.24, 2.45) is 0 Å². The Labute approximate surface area is 168 Å². The van der Waals surface area contributed by atoms with Crippen molar-refractivity contribution in [3.05, 3.63) is 78.5 Å². The molecule has 0 bridgehead atoms. The van der Waals surface area contributed by atoms with Gasteiger partial charge in [0.15, 0.2) is 0 Å². The highest BCUT2D eigenvalue weighted by Crippen LogP contribution is 2.31. The smallest absolute Gasteiger partial charge is 0.135 e. The molecule has 2 aromatic carbocycles. The van der Waals surface area contributed by atoms with Gasteiger partial charge in [0.25, 0.3) is 0 Å². The quantitative estimate of drug-likeness (QED) is 0.356. The fourth-order valence-electron chi connectivity index (χ4n) is 3.21. The summed E-state index contributed by atoms with van der Waals surface area (Å²) in [5, 5.41) is 0.880. The molecular weight excluding hydrogens is 370 g/mol. The third-order valence-electron chi connectivity index (χ3n) is 4.72. The summed E-state index contributed by atoms with van der Waals surface area (Å²) in [7, 11) is 0. The van der Waals surface area contributed by atoms with E-state index in [9.17, 15) is 8.78 Å². The molecule has 0 unspecified atom stereocenters. The SMILES string of the molecule is CCCCOc1ccnc2ccc(-c3cccc(-c4c(F)cccc4F)n3)cc12. The molecule has 0 aliphatic rings. The standard InChI is InChI=1S/C24H20F2N2O/c1-2-3-14-29-23-12-13-27-21-11-10-16(15-17(21)23)20-8-5-9-22(28-20)24-18(25)6-4-7-19(24)26/h4-13,15H,2-3,14H2,1H3. The molecule has 0 N–H and O–H groups in total. The number of pyridine rings is 2. The Morgan fingerprint density at radius 3 is 2.45 bits per heavy atom. The molecule has 3 nitrogen and oxygen atoms in total. The number of benzene rings is 2. The van der Waals surface area contributed by atoms with E-state index in [0.29, 0.717) is 12.3 Å². The van der Waals surface area contributed by atoms with Crippen LogP contribution in [-0.4, -0.2) is 16.6 Å². The van der Waals surface area contributed by atoms with Crippen molar-refractivity contribution in [3.63, 3.8) is 0 Å². The minimum atomic E-state index is -0.635. The summed E-state index contributed by atoms with van der Waals surface area (Å²) in [5.41, 5.74) is 2.39. The highest BCUT2D eigenvalue weighted by molar-refractivity contribution is 5.89. The fraction of sp³-hybridized carbons (Fsp3) is 0.167. The highest BCUT2D eigenvalue weighted by atomic mass is 19.1. The van der Waals surface area contributed by atoms with Crippen LogP contribution in [0, 0.1) is 11.6 Å². The Balaban J connectivity index is 1.76. The van der Waals surface area contributed by atoms with Gasteiger partial charge < -0.3 is 4.74 Å². The molecule has 2 heterocycles. The zero-order chi connectivity index (χ0) is 20.2. The van der Waals surface area contributed by atoms with Crippen LogP contribution >= 0.6 is 0 Å². The summed E-state index contributed by atoms with van der Waals surface area (Å²) in [6.07, 6.45) is 3.75. The molecule has 4 rings (SSSR count). The van der Waals surface area contributed by atoms with Gasteiger partial charge in [-0.25, -0.2) is 13.8 Å². The first-order chi connectivity index (χ1) is 14.2. The van der Waals surface area contributed by atoms with E-state index in [1.54, 1.807) is 18.3 Å². The van der Waals surface area contributed by atoms with Gasteiger partial charge in [-0.2, -0.15) is 0 Å². The zero-order valence-electron chi connectivity index (χ0n) is 16.0. The molecule has 4 aromatic rings. The van der Waals surface area contributed by atoms with E-state index in [2.05, 4.69) is 16.9 Å². The van der Waals surface area contributed by atoms with Gasteiger partial charge >= 0.3 is 0 Å². The number of unbranched alkanes of at least 4 members (excludes halogenated alkanes) is 1. The summed E-state index contributed by atoms with van der Waals surface area (Å²) in [5.74, 6) is -0.505. The van der Waals surface area contributed by atoms with Crippen LogP contribution in [0.5, 0.6) is 5.75 Å². The lowest BCUT2D eigenvalue weighted by atomic mass is 10.1. The van der Waals surface area contributed by atoms with Crippen LogP contribution in [0.25, 0.3) is 33.4 Å². The maximum absolute atomic E-state index is 14.2. The van der Waals surface area contributed by atoms with Crippen LogP contribution in [0.2, 0.25) is 0 Å². The van der Waals surface area contributed by atoms with Crippen molar-refractivity contribution in [1.29, 1.82) is 0 Å². The van der Waals surface area contributed by atoms with Crippen molar-refractivity contribution in [2.45, 2.75) is 19.8 Å². The molecule has 0 spiro atoms. The summed E-state index contributed by atoms with van der Waals surface area (Å²) in [4.78, 5) is 8.90. The topological polar surface area (TPSA) is 35.0 Å². The second-order valence-corrected chi connectivity index (χ2v) is 6.75. The maximum Gasteiger partial charge on any atom is 0.135 e. The molecule has 146 valence electrons. The molecule has 5 heteroatoms. The number of ether oxygens (including phenoxy) is 1. The molecule has 2 aromatic heterocycles. The van der Waals surface area contributed by atoms with Crippen LogP contribution in [0.1, 0.15) is 19.8 Å². The summed E-state index contributed by atoms with van der Waals surface area (Å²) < 4.78 is 34.3. The van der Waals surface area contributed by atoms with Crippen molar-refractivity contribution in [2.75, 3.05) is 6.61 Å². The van der Waals surface area contributed by atoms with Gasteiger partial charge in [-0.1, -0.05) is 31.5 Å². The van der Waals surface area contributed by atoms with Gasteiger partial charge in [-0.3, -0.25) is 4.98 Å². The van der Waals surface area contributed by atoms with Crippen molar-refractivity contribution in [3.8, 4) is 28.3 Å². The van der Waals surface area contributed by atoms with E-state index in [1.165, 1.54) is 18.2 Å². The average Bonchev–Trinajstić information content (AvgIpc) is 2.74. The molecule has 29 heavy (non-hydrogen) atoms. The zero-order valence-corrected chi connectivity index (χ0v) is 16.0. The molecule has 0 fully saturated rings. The lowest BCUT2D eigenvalue weighted by molar-refractivity contribution is 0.313. The Bertz CT molecular complexity index is 1140. The first-order valence-corrected chi connectivity index (χ1v) is 9.60. The number of fused-ring (bicyclic) bond motifs is 1. The number of aromatic nitrogens is 2. The predicted octanol–water partition coefficient (Wildman–Crippen LogP) is 6.42.